The Morgan fingerprint density at radius 1 is 0.643 bits per heavy atom. The third-order valence-electron chi connectivity index (χ3n) is 5.70. The van der Waals surface area contributed by atoms with Gasteiger partial charge in [0, 0.05) is 39.7 Å². The number of hydrogen-bond donors (Lipinski definition) is 0. The van der Waals surface area contributed by atoms with Crippen LogP contribution in [0.25, 0.3) is 43.7 Å². The van der Waals surface area contributed by atoms with Gasteiger partial charge in [0.2, 0.25) is 0 Å². The molecule has 134 valence electrons. The highest BCUT2D eigenvalue weighted by Crippen LogP contribution is 2.37. The van der Waals surface area contributed by atoms with Gasteiger partial charge in [0.1, 0.15) is 11.2 Å². The summed E-state index contributed by atoms with van der Waals surface area (Å²) < 4.78 is 8.59. The molecule has 0 radical (unpaired) electrons. The van der Waals surface area contributed by atoms with Crippen molar-refractivity contribution in [3.05, 3.63) is 96.1 Å². The molecule has 2 heteroatoms. The molecule has 2 heterocycles. The summed E-state index contributed by atoms with van der Waals surface area (Å²) in [6, 6.07) is 30.2. The molecule has 0 saturated heterocycles. The van der Waals surface area contributed by atoms with Crippen LogP contribution in [0.1, 0.15) is 11.1 Å². The largest absolute Gasteiger partial charge is 0.456 e. The highest BCUT2D eigenvalue weighted by Gasteiger charge is 2.15. The number of fused-ring (bicyclic) bond motifs is 6. The predicted molar refractivity (Wildman–Crippen MR) is 117 cm³/mol. The van der Waals surface area contributed by atoms with Gasteiger partial charge in [-0.05, 0) is 36.2 Å². The molecular weight excluding hydrogens is 342 g/mol. The van der Waals surface area contributed by atoms with Gasteiger partial charge in [-0.3, -0.25) is 0 Å². The number of para-hydroxylation sites is 1. The zero-order valence-electron chi connectivity index (χ0n) is 15.6. The first-order valence-corrected chi connectivity index (χ1v) is 9.66. The second-order valence-corrected chi connectivity index (χ2v) is 7.56. The maximum atomic E-state index is 6.17. The first-order valence-electron chi connectivity index (χ1n) is 9.66. The number of aryl methyl sites for hydroxylation is 1. The standard InChI is InChI=1S/C26H19NO/c1-17-11-12-19-21-14-22-20-9-5-6-10-25(20)28-26(22)15-24(21)27(23(19)13-17)16-18-7-3-2-4-8-18/h2-15H,16H2,1H3. The molecule has 0 bridgehead atoms. The molecule has 0 aliphatic heterocycles. The fraction of sp³-hybridized carbons (Fsp3) is 0.0769. The minimum atomic E-state index is 0.843. The zero-order chi connectivity index (χ0) is 18.7. The third-order valence-corrected chi connectivity index (χ3v) is 5.70. The van der Waals surface area contributed by atoms with E-state index in [9.17, 15) is 0 Å². The maximum absolute atomic E-state index is 6.17. The molecule has 0 spiro atoms. The quantitative estimate of drug-likeness (QED) is 0.323. The molecule has 2 nitrogen and oxygen atoms in total. The SMILES string of the molecule is Cc1ccc2c3cc4c(cc3n(Cc3ccccc3)c2c1)oc1ccccc14. The number of aromatic nitrogens is 1. The molecule has 2 aromatic heterocycles. The van der Waals surface area contributed by atoms with Crippen LogP contribution in [0.4, 0.5) is 0 Å². The lowest BCUT2D eigenvalue weighted by Crippen LogP contribution is -1.99. The van der Waals surface area contributed by atoms with Crippen LogP contribution < -0.4 is 0 Å². The topological polar surface area (TPSA) is 18.1 Å². The molecule has 28 heavy (non-hydrogen) atoms. The van der Waals surface area contributed by atoms with E-state index >= 15 is 0 Å². The van der Waals surface area contributed by atoms with Crippen molar-refractivity contribution < 1.29 is 4.42 Å². The van der Waals surface area contributed by atoms with Gasteiger partial charge in [-0.15, -0.1) is 0 Å². The van der Waals surface area contributed by atoms with E-state index in [0.29, 0.717) is 0 Å². The Bertz CT molecular complexity index is 1490. The van der Waals surface area contributed by atoms with Crippen molar-refractivity contribution >= 4 is 43.7 Å². The van der Waals surface area contributed by atoms with E-state index < -0.39 is 0 Å². The van der Waals surface area contributed by atoms with Crippen molar-refractivity contribution in [3.63, 3.8) is 0 Å². The van der Waals surface area contributed by atoms with E-state index in [0.717, 1.165) is 17.7 Å². The smallest absolute Gasteiger partial charge is 0.137 e. The van der Waals surface area contributed by atoms with Crippen molar-refractivity contribution in [1.82, 2.24) is 4.57 Å². The number of benzene rings is 4. The Hall–Kier alpha value is -3.52. The fourth-order valence-electron chi connectivity index (χ4n) is 4.36. The summed E-state index contributed by atoms with van der Waals surface area (Å²) >= 11 is 0. The summed E-state index contributed by atoms with van der Waals surface area (Å²) in [5.74, 6) is 0. The molecule has 0 aliphatic rings. The van der Waals surface area contributed by atoms with Crippen LogP contribution >= 0.6 is 0 Å². The van der Waals surface area contributed by atoms with Gasteiger partial charge in [-0.1, -0.05) is 60.7 Å². The average molecular weight is 361 g/mol. The van der Waals surface area contributed by atoms with Crippen molar-refractivity contribution in [2.45, 2.75) is 13.5 Å². The average Bonchev–Trinajstić information content (AvgIpc) is 3.22. The molecular formula is C26H19NO. The van der Waals surface area contributed by atoms with Crippen molar-refractivity contribution in [2.24, 2.45) is 0 Å². The van der Waals surface area contributed by atoms with Crippen LogP contribution in [0, 0.1) is 6.92 Å². The van der Waals surface area contributed by atoms with Crippen LogP contribution in [0.15, 0.2) is 89.3 Å². The molecule has 0 amide bonds. The Labute approximate surface area is 162 Å². The van der Waals surface area contributed by atoms with Gasteiger partial charge in [-0.2, -0.15) is 0 Å². The summed E-state index contributed by atoms with van der Waals surface area (Å²) in [6.45, 7) is 3.00. The molecule has 0 fully saturated rings. The first-order chi connectivity index (χ1) is 13.8. The summed E-state index contributed by atoms with van der Waals surface area (Å²) in [4.78, 5) is 0. The highest BCUT2D eigenvalue weighted by molar-refractivity contribution is 6.16. The molecule has 6 aromatic rings. The van der Waals surface area contributed by atoms with Crippen LogP contribution in [0.5, 0.6) is 0 Å². The third kappa shape index (κ3) is 2.21. The monoisotopic (exact) mass is 361 g/mol. The van der Waals surface area contributed by atoms with E-state index in [1.54, 1.807) is 0 Å². The second kappa shape index (κ2) is 5.74. The minimum Gasteiger partial charge on any atom is -0.456 e. The fourth-order valence-corrected chi connectivity index (χ4v) is 4.36. The Kier molecular flexibility index (Phi) is 3.18. The van der Waals surface area contributed by atoms with E-state index in [1.807, 2.05) is 12.1 Å². The number of nitrogens with zero attached hydrogens (tertiary/aromatic N) is 1. The van der Waals surface area contributed by atoms with Gasteiger partial charge in [0.15, 0.2) is 0 Å². The van der Waals surface area contributed by atoms with Crippen LogP contribution in [-0.4, -0.2) is 4.57 Å². The summed E-state index contributed by atoms with van der Waals surface area (Å²) in [7, 11) is 0. The minimum absolute atomic E-state index is 0.843. The molecule has 4 aromatic carbocycles. The van der Waals surface area contributed by atoms with Crippen LogP contribution in [-0.2, 0) is 6.54 Å². The zero-order valence-corrected chi connectivity index (χ0v) is 15.6. The van der Waals surface area contributed by atoms with E-state index in [2.05, 4.69) is 84.3 Å². The van der Waals surface area contributed by atoms with Crippen LogP contribution in [0.3, 0.4) is 0 Å². The van der Waals surface area contributed by atoms with Gasteiger partial charge in [0.05, 0.1) is 5.52 Å². The van der Waals surface area contributed by atoms with E-state index in [4.69, 9.17) is 4.42 Å². The van der Waals surface area contributed by atoms with Crippen LogP contribution in [0.2, 0.25) is 0 Å². The Morgan fingerprint density at radius 3 is 2.32 bits per heavy atom. The van der Waals surface area contributed by atoms with Crippen molar-refractivity contribution in [3.8, 4) is 0 Å². The molecule has 0 aliphatic carbocycles. The normalized spacial score (nSPS) is 11.9. The number of hydrogen-bond acceptors (Lipinski definition) is 1. The lowest BCUT2D eigenvalue weighted by molar-refractivity contribution is 0.669. The maximum Gasteiger partial charge on any atom is 0.137 e. The van der Waals surface area contributed by atoms with Crippen molar-refractivity contribution in [1.29, 1.82) is 0 Å². The predicted octanol–water partition coefficient (Wildman–Crippen LogP) is 7.05. The second-order valence-electron chi connectivity index (χ2n) is 7.56. The van der Waals surface area contributed by atoms with Crippen molar-refractivity contribution in [2.75, 3.05) is 0 Å². The van der Waals surface area contributed by atoms with Gasteiger partial charge in [-0.25, -0.2) is 0 Å². The summed E-state index contributed by atoms with van der Waals surface area (Å²) in [5, 5.41) is 4.94. The Balaban J connectivity index is 1.73. The number of furan rings is 1. The van der Waals surface area contributed by atoms with E-state index in [1.165, 1.54) is 43.7 Å². The summed E-state index contributed by atoms with van der Waals surface area (Å²) in [6.07, 6.45) is 0. The summed E-state index contributed by atoms with van der Waals surface area (Å²) in [5.41, 5.74) is 6.96. The first kappa shape index (κ1) is 15.5. The molecule has 0 N–H and O–H groups in total. The lowest BCUT2D eigenvalue weighted by atomic mass is 10.1. The molecule has 6 rings (SSSR count). The molecule has 0 unspecified atom stereocenters. The van der Waals surface area contributed by atoms with Gasteiger partial charge < -0.3 is 8.98 Å². The molecule has 0 saturated carbocycles. The Morgan fingerprint density at radius 2 is 1.43 bits per heavy atom. The lowest BCUT2D eigenvalue weighted by Gasteiger charge is -2.08. The van der Waals surface area contributed by atoms with Gasteiger partial charge >= 0.3 is 0 Å². The number of rotatable bonds is 2. The van der Waals surface area contributed by atoms with E-state index in [-0.39, 0.29) is 0 Å². The van der Waals surface area contributed by atoms with Gasteiger partial charge in [0.25, 0.3) is 0 Å². The highest BCUT2D eigenvalue weighted by atomic mass is 16.3. The molecule has 0 atom stereocenters.